The fraction of sp³-hybridized carbons (Fsp3) is 0.355. The maximum atomic E-state index is 14.4. The number of aromatic amines is 1. The average Bonchev–Trinajstić information content (AvgIpc) is 2.94. The summed E-state index contributed by atoms with van der Waals surface area (Å²) in [4.78, 5) is 31.4. The van der Waals surface area contributed by atoms with Crippen LogP contribution in [0.1, 0.15) is 56.4 Å². The first-order chi connectivity index (χ1) is 20.0. The number of H-pyrrole nitrogens is 1. The van der Waals surface area contributed by atoms with Crippen molar-refractivity contribution in [3.63, 3.8) is 0 Å². The highest BCUT2D eigenvalue weighted by Crippen LogP contribution is 2.36. The molecule has 0 spiro atoms. The molecule has 2 aromatic heterocycles. The lowest BCUT2D eigenvalue weighted by Crippen LogP contribution is -2.41. The first-order valence-corrected chi connectivity index (χ1v) is 13.8. The number of nitrogens with zero attached hydrogens (tertiary/aromatic N) is 3. The highest BCUT2D eigenvalue weighted by atomic mass is 19.1. The van der Waals surface area contributed by atoms with Gasteiger partial charge in [-0.3, -0.25) is 9.78 Å². The van der Waals surface area contributed by atoms with Crippen LogP contribution in [-0.4, -0.2) is 52.0 Å². The molecule has 0 radical (unpaired) electrons. The first kappa shape index (κ1) is 29.0. The molecule has 0 aliphatic carbocycles. The molecule has 11 heteroatoms. The molecule has 9 nitrogen and oxygen atoms in total. The van der Waals surface area contributed by atoms with Gasteiger partial charge in [0.1, 0.15) is 23.0 Å². The van der Waals surface area contributed by atoms with Gasteiger partial charge in [-0.1, -0.05) is 12.1 Å². The van der Waals surface area contributed by atoms with Gasteiger partial charge in [-0.25, -0.2) is 18.7 Å². The Morgan fingerprint density at radius 2 is 1.81 bits per heavy atom. The van der Waals surface area contributed by atoms with Gasteiger partial charge < -0.3 is 19.7 Å². The second-order valence-corrected chi connectivity index (χ2v) is 11.3. The zero-order valence-corrected chi connectivity index (χ0v) is 24.0. The lowest BCUT2D eigenvalue weighted by molar-refractivity contribution is 0.0204. The molecule has 2 aromatic carbocycles. The summed E-state index contributed by atoms with van der Waals surface area (Å²) < 4.78 is 40.0. The molecule has 1 saturated heterocycles. The largest absolute Gasteiger partial charge is 0.495 e. The third kappa shape index (κ3) is 6.35. The molecule has 42 heavy (non-hydrogen) atoms. The molecule has 1 fully saturated rings. The number of piperidine rings is 1. The number of benzene rings is 2. The van der Waals surface area contributed by atoms with Gasteiger partial charge >= 0.3 is 6.09 Å². The molecule has 0 bridgehead atoms. The van der Waals surface area contributed by atoms with E-state index in [2.05, 4.69) is 20.5 Å². The fourth-order valence-electron chi connectivity index (χ4n) is 5.16. The zero-order chi connectivity index (χ0) is 30.0. The number of carbonyl (C=O) groups excluding carboxylic acids is 1. The maximum absolute atomic E-state index is 14.4. The van der Waals surface area contributed by atoms with E-state index in [1.165, 1.54) is 24.4 Å². The monoisotopic (exact) mass is 577 g/mol. The van der Waals surface area contributed by atoms with Gasteiger partial charge in [0.15, 0.2) is 0 Å². The Bertz CT molecular complexity index is 1660. The van der Waals surface area contributed by atoms with E-state index >= 15 is 0 Å². The van der Waals surface area contributed by atoms with E-state index in [9.17, 15) is 18.4 Å². The number of likely N-dealkylation sites (tertiary alicyclic amines) is 1. The molecular weight excluding hydrogens is 544 g/mol. The molecule has 0 unspecified atom stereocenters. The molecule has 0 saturated carbocycles. The summed E-state index contributed by atoms with van der Waals surface area (Å²) in [6, 6.07) is 11.1. The van der Waals surface area contributed by atoms with E-state index in [0.29, 0.717) is 35.9 Å². The van der Waals surface area contributed by atoms with Crippen LogP contribution in [0.15, 0.2) is 53.5 Å². The van der Waals surface area contributed by atoms with Crippen molar-refractivity contribution in [3.05, 3.63) is 87.5 Å². The number of rotatable bonds is 6. The summed E-state index contributed by atoms with van der Waals surface area (Å²) in [6.45, 7) is 6.74. The van der Waals surface area contributed by atoms with Crippen molar-refractivity contribution >= 4 is 28.4 Å². The SMILES string of the molecule is COc1cc(C2CCN(C(=O)OC(C)(C)C)CC2)ccc1Nc1cc(Cc2c(F)cccc2F)nc2cn[nH]c(=O)c12. The van der Waals surface area contributed by atoms with Crippen LogP contribution in [0.4, 0.5) is 25.0 Å². The number of pyridine rings is 1. The van der Waals surface area contributed by atoms with Crippen molar-refractivity contribution in [2.45, 2.75) is 51.6 Å². The van der Waals surface area contributed by atoms with Gasteiger partial charge in [0.25, 0.3) is 5.56 Å². The minimum absolute atomic E-state index is 0.117. The molecule has 4 aromatic rings. The Labute approximate surface area is 241 Å². The number of nitrogens with one attached hydrogen (secondary N) is 2. The number of carbonyl (C=O) groups is 1. The van der Waals surface area contributed by atoms with E-state index in [-0.39, 0.29) is 34.9 Å². The topological polar surface area (TPSA) is 109 Å². The number of anilines is 2. The third-order valence-electron chi connectivity index (χ3n) is 7.21. The van der Waals surface area contributed by atoms with Crippen molar-refractivity contribution in [2.24, 2.45) is 0 Å². The Hall–Kier alpha value is -4.54. The number of amides is 1. The summed E-state index contributed by atoms with van der Waals surface area (Å²) in [5.41, 5.74) is 1.58. The standard InChI is InChI=1S/C31H33F2N5O4/c1-31(2,3)42-30(40)38-12-10-18(11-13-38)19-8-9-24(27(14-19)41-4)36-25-16-20(15-21-22(32)6-5-7-23(21)33)35-26-17-34-37-29(39)28(25)26/h5-9,14,16-18H,10-13,15H2,1-4H3,(H,35,36)(H,37,39). The maximum Gasteiger partial charge on any atom is 0.410 e. The van der Waals surface area contributed by atoms with E-state index in [1.54, 1.807) is 18.1 Å². The molecule has 3 heterocycles. The van der Waals surface area contributed by atoms with Gasteiger partial charge in [-0.05, 0) is 75.4 Å². The van der Waals surface area contributed by atoms with Crippen LogP contribution in [0.3, 0.4) is 0 Å². The van der Waals surface area contributed by atoms with Crippen LogP contribution in [0, 0.1) is 11.6 Å². The fourth-order valence-corrected chi connectivity index (χ4v) is 5.16. The predicted molar refractivity (Wildman–Crippen MR) is 155 cm³/mol. The second-order valence-electron chi connectivity index (χ2n) is 11.3. The number of hydrogen-bond acceptors (Lipinski definition) is 7. The highest BCUT2D eigenvalue weighted by Gasteiger charge is 2.28. The molecule has 1 amide bonds. The van der Waals surface area contributed by atoms with Gasteiger partial charge in [-0.2, -0.15) is 5.10 Å². The summed E-state index contributed by atoms with van der Waals surface area (Å²) in [7, 11) is 1.56. The van der Waals surface area contributed by atoms with Crippen molar-refractivity contribution < 1.29 is 23.0 Å². The van der Waals surface area contributed by atoms with Crippen LogP contribution < -0.4 is 15.6 Å². The van der Waals surface area contributed by atoms with Crippen LogP contribution in [0.25, 0.3) is 10.9 Å². The Morgan fingerprint density at radius 3 is 2.48 bits per heavy atom. The number of hydrogen-bond donors (Lipinski definition) is 2. The molecule has 220 valence electrons. The van der Waals surface area contributed by atoms with Crippen LogP contribution in [-0.2, 0) is 11.2 Å². The molecule has 1 aliphatic rings. The zero-order valence-electron chi connectivity index (χ0n) is 24.0. The molecule has 2 N–H and O–H groups in total. The van der Waals surface area contributed by atoms with Crippen molar-refractivity contribution in [3.8, 4) is 5.75 Å². The van der Waals surface area contributed by atoms with Gasteiger partial charge in [0, 0.05) is 30.8 Å². The van der Waals surface area contributed by atoms with Crippen molar-refractivity contribution in [1.82, 2.24) is 20.1 Å². The van der Waals surface area contributed by atoms with Gasteiger partial charge in [-0.15, -0.1) is 0 Å². The summed E-state index contributed by atoms with van der Waals surface area (Å²) >= 11 is 0. The van der Waals surface area contributed by atoms with Crippen LogP contribution >= 0.6 is 0 Å². The van der Waals surface area contributed by atoms with E-state index in [4.69, 9.17) is 9.47 Å². The number of methoxy groups -OCH3 is 1. The lowest BCUT2D eigenvalue weighted by atomic mass is 9.89. The van der Waals surface area contributed by atoms with E-state index in [0.717, 1.165) is 18.4 Å². The van der Waals surface area contributed by atoms with Crippen molar-refractivity contribution in [1.29, 1.82) is 0 Å². The number of halogens is 2. The minimum atomic E-state index is -0.676. The smallest absolute Gasteiger partial charge is 0.410 e. The molecule has 5 rings (SSSR count). The average molecular weight is 578 g/mol. The Morgan fingerprint density at radius 1 is 1.10 bits per heavy atom. The predicted octanol–water partition coefficient (Wildman–Crippen LogP) is 6.05. The second kappa shape index (κ2) is 11.8. The minimum Gasteiger partial charge on any atom is -0.495 e. The van der Waals surface area contributed by atoms with Crippen LogP contribution in [0.2, 0.25) is 0 Å². The lowest BCUT2D eigenvalue weighted by Gasteiger charge is -2.33. The third-order valence-corrected chi connectivity index (χ3v) is 7.21. The highest BCUT2D eigenvalue weighted by molar-refractivity contribution is 5.92. The van der Waals surface area contributed by atoms with E-state index in [1.807, 2.05) is 39.0 Å². The number of aromatic nitrogens is 3. The molecule has 0 atom stereocenters. The van der Waals surface area contributed by atoms with Gasteiger partial charge in [0.05, 0.1) is 35.6 Å². The summed E-state index contributed by atoms with van der Waals surface area (Å²) in [5, 5.41) is 9.78. The van der Waals surface area contributed by atoms with Crippen molar-refractivity contribution in [2.75, 3.05) is 25.5 Å². The van der Waals surface area contributed by atoms with Crippen LogP contribution in [0.5, 0.6) is 5.75 Å². The van der Waals surface area contributed by atoms with Gasteiger partial charge in [0.2, 0.25) is 0 Å². The quantitative estimate of drug-likeness (QED) is 0.287. The van der Waals surface area contributed by atoms with E-state index < -0.39 is 22.8 Å². The molecule has 1 aliphatic heterocycles. The summed E-state index contributed by atoms with van der Waals surface area (Å²) in [6.07, 6.45) is 2.54. The molecular formula is C31H33F2N5O4. The first-order valence-electron chi connectivity index (χ1n) is 13.8. The Balaban J connectivity index is 1.40. The summed E-state index contributed by atoms with van der Waals surface area (Å²) in [5.74, 6) is -0.571. The number of ether oxygens (including phenoxy) is 2. The Kier molecular flexibility index (Phi) is 8.11. The number of fused-ring (bicyclic) bond motifs is 1. The normalized spacial score (nSPS) is 14.2.